The van der Waals surface area contributed by atoms with Crippen LogP contribution in [0.25, 0.3) is 11.0 Å². The molecule has 0 spiro atoms. The number of esters is 1. The highest BCUT2D eigenvalue weighted by Crippen LogP contribution is 2.24. The molecule has 6 heteroatoms. The zero-order valence-corrected chi connectivity index (χ0v) is 16.8. The minimum absolute atomic E-state index is 0.206. The van der Waals surface area contributed by atoms with Crippen LogP contribution in [-0.2, 0) is 22.4 Å². The van der Waals surface area contributed by atoms with E-state index in [4.69, 9.17) is 9.15 Å². The van der Waals surface area contributed by atoms with Gasteiger partial charge in [0.15, 0.2) is 12.0 Å². The summed E-state index contributed by atoms with van der Waals surface area (Å²) >= 11 is 0. The Morgan fingerprint density at radius 2 is 1.83 bits per heavy atom. The second kappa shape index (κ2) is 8.53. The van der Waals surface area contributed by atoms with E-state index in [-0.39, 0.29) is 17.2 Å². The minimum Gasteiger partial charge on any atom is -0.450 e. The van der Waals surface area contributed by atoms with Crippen LogP contribution < -0.4 is 10.7 Å². The van der Waals surface area contributed by atoms with E-state index in [9.17, 15) is 14.4 Å². The van der Waals surface area contributed by atoms with Crippen molar-refractivity contribution in [2.45, 2.75) is 38.6 Å². The first-order valence-corrected chi connectivity index (χ1v) is 10.1. The molecule has 1 amide bonds. The Balaban J connectivity index is 1.36. The Morgan fingerprint density at radius 3 is 2.67 bits per heavy atom. The molecular formula is C24H23NO5. The summed E-state index contributed by atoms with van der Waals surface area (Å²) in [4.78, 5) is 36.6. The Bertz CT molecular complexity index is 1160. The first-order valence-electron chi connectivity index (χ1n) is 10.1. The molecule has 1 aromatic heterocycles. The number of carbonyl (C=O) groups is 2. The van der Waals surface area contributed by atoms with Crippen molar-refractivity contribution in [2.24, 2.45) is 0 Å². The van der Waals surface area contributed by atoms with Gasteiger partial charge in [0.25, 0.3) is 5.91 Å². The fourth-order valence-electron chi connectivity index (χ4n) is 3.80. The van der Waals surface area contributed by atoms with Gasteiger partial charge >= 0.3 is 5.97 Å². The number of nitrogens with one attached hydrogen (secondary N) is 1. The average molecular weight is 405 g/mol. The number of fused-ring (bicyclic) bond motifs is 2. The normalized spacial score (nSPS) is 14.0. The lowest BCUT2D eigenvalue weighted by Gasteiger charge is -2.20. The molecule has 4 rings (SSSR count). The number of aryl methyl sites for hydroxylation is 2. The van der Waals surface area contributed by atoms with Crippen molar-refractivity contribution in [2.75, 3.05) is 6.61 Å². The fraction of sp³-hybridized carbons (Fsp3) is 0.292. The first-order chi connectivity index (χ1) is 14.5. The highest BCUT2D eigenvalue weighted by molar-refractivity contribution is 5.90. The van der Waals surface area contributed by atoms with Gasteiger partial charge in [-0.05, 0) is 61.4 Å². The topological polar surface area (TPSA) is 85.6 Å². The molecule has 1 N–H and O–H groups in total. The van der Waals surface area contributed by atoms with E-state index in [1.807, 2.05) is 13.0 Å². The highest BCUT2D eigenvalue weighted by atomic mass is 16.5. The summed E-state index contributed by atoms with van der Waals surface area (Å²) in [5.74, 6) is -1.50. The third-order valence-electron chi connectivity index (χ3n) is 5.42. The van der Waals surface area contributed by atoms with Crippen LogP contribution in [0.5, 0.6) is 0 Å². The van der Waals surface area contributed by atoms with Gasteiger partial charge in [-0.15, -0.1) is 0 Å². The molecule has 30 heavy (non-hydrogen) atoms. The number of benzene rings is 2. The molecule has 0 saturated carbocycles. The molecule has 0 unspecified atom stereocenters. The molecule has 3 aromatic rings. The van der Waals surface area contributed by atoms with Crippen molar-refractivity contribution in [3.8, 4) is 0 Å². The summed E-state index contributed by atoms with van der Waals surface area (Å²) in [6.07, 6.45) is 4.59. The highest BCUT2D eigenvalue weighted by Gasteiger charge is 2.17. The van der Waals surface area contributed by atoms with Crippen molar-refractivity contribution in [3.63, 3.8) is 0 Å². The number of ether oxygens (including phenoxy) is 1. The van der Waals surface area contributed by atoms with E-state index >= 15 is 0 Å². The average Bonchev–Trinajstić information content (AvgIpc) is 2.77. The van der Waals surface area contributed by atoms with Gasteiger partial charge in [0.2, 0.25) is 5.76 Å². The maximum Gasteiger partial charge on any atom is 0.374 e. The summed E-state index contributed by atoms with van der Waals surface area (Å²) in [7, 11) is 0. The molecular weight excluding hydrogens is 382 g/mol. The van der Waals surface area contributed by atoms with Crippen LogP contribution in [0.1, 0.15) is 53.1 Å². The van der Waals surface area contributed by atoms with E-state index < -0.39 is 18.5 Å². The number of carbonyl (C=O) groups excluding carboxylic acids is 2. The summed E-state index contributed by atoms with van der Waals surface area (Å²) in [6.45, 7) is 1.44. The Morgan fingerprint density at radius 1 is 1.07 bits per heavy atom. The molecule has 154 valence electrons. The van der Waals surface area contributed by atoms with Gasteiger partial charge in [-0.3, -0.25) is 9.59 Å². The predicted octanol–water partition coefficient (Wildman–Crippen LogP) is 3.71. The van der Waals surface area contributed by atoms with E-state index in [0.29, 0.717) is 11.0 Å². The lowest BCUT2D eigenvalue weighted by atomic mass is 9.89. The summed E-state index contributed by atoms with van der Waals surface area (Å²) in [5, 5.41) is 3.22. The van der Waals surface area contributed by atoms with Crippen LogP contribution in [0.3, 0.4) is 0 Å². The molecule has 0 fully saturated rings. The molecule has 0 bridgehead atoms. The van der Waals surface area contributed by atoms with Gasteiger partial charge in [0.1, 0.15) is 5.58 Å². The smallest absolute Gasteiger partial charge is 0.374 e. The Labute approximate surface area is 173 Å². The maximum absolute atomic E-state index is 12.2. The quantitative estimate of drug-likeness (QED) is 0.654. The SMILES string of the molecule is C[C@H](NC(=O)COC(=O)c1cc(=O)c2ccccc2o1)c1ccc2c(c1)CCCC2. The third-order valence-corrected chi connectivity index (χ3v) is 5.42. The van der Waals surface area contributed by atoms with E-state index in [1.54, 1.807) is 24.3 Å². The van der Waals surface area contributed by atoms with E-state index in [0.717, 1.165) is 24.5 Å². The van der Waals surface area contributed by atoms with Gasteiger partial charge in [0, 0.05) is 6.07 Å². The van der Waals surface area contributed by atoms with Crippen LogP contribution in [0.2, 0.25) is 0 Å². The molecule has 0 radical (unpaired) electrons. The molecule has 1 atom stereocenters. The minimum atomic E-state index is -0.852. The number of amides is 1. The monoisotopic (exact) mass is 405 g/mol. The van der Waals surface area contributed by atoms with Crippen LogP contribution >= 0.6 is 0 Å². The van der Waals surface area contributed by atoms with Crippen molar-refractivity contribution in [1.82, 2.24) is 5.32 Å². The van der Waals surface area contributed by atoms with Crippen molar-refractivity contribution in [1.29, 1.82) is 0 Å². The molecule has 1 heterocycles. The number of hydrogen-bond donors (Lipinski definition) is 1. The lowest BCUT2D eigenvalue weighted by molar-refractivity contribution is -0.124. The molecule has 0 aliphatic heterocycles. The number of rotatable bonds is 5. The summed E-state index contributed by atoms with van der Waals surface area (Å²) < 4.78 is 10.5. The van der Waals surface area contributed by atoms with Crippen molar-refractivity contribution >= 4 is 22.8 Å². The standard InChI is InChI=1S/C24H23NO5/c1-15(17-11-10-16-6-2-3-7-18(16)12-17)25-23(27)14-29-24(28)22-13-20(26)19-8-4-5-9-21(19)30-22/h4-5,8-13,15H,2-3,6-7,14H2,1H3,(H,25,27)/t15-/m0/s1. The van der Waals surface area contributed by atoms with Crippen molar-refractivity contribution in [3.05, 3.63) is 81.2 Å². The van der Waals surface area contributed by atoms with Gasteiger partial charge in [-0.2, -0.15) is 0 Å². The molecule has 1 aliphatic rings. The molecule has 2 aromatic carbocycles. The second-order valence-corrected chi connectivity index (χ2v) is 7.57. The van der Waals surface area contributed by atoms with Gasteiger partial charge in [-0.25, -0.2) is 4.79 Å². The van der Waals surface area contributed by atoms with Gasteiger partial charge < -0.3 is 14.5 Å². The Hall–Kier alpha value is -3.41. The van der Waals surface area contributed by atoms with Crippen LogP contribution in [0.4, 0.5) is 0 Å². The zero-order valence-electron chi connectivity index (χ0n) is 16.8. The molecule has 0 saturated heterocycles. The summed E-state index contributed by atoms with van der Waals surface area (Å²) in [6, 6.07) is 13.8. The largest absolute Gasteiger partial charge is 0.450 e. The van der Waals surface area contributed by atoms with Crippen LogP contribution in [0.15, 0.2) is 57.7 Å². The molecule has 6 nitrogen and oxygen atoms in total. The third kappa shape index (κ3) is 4.27. The number of hydrogen-bond acceptors (Lipinski definition) is 5. The number of para-hydroxylation sites is 1. The lowest BCUT2D eigenvalue weighted by Crippen LogP contribution is -2.31. The first kappa shape index (κ1) is 19.9. The predicted molar refractivity (Wildman–Crippen MR) is 112 cm³/mol. The Kier molecular flexibility index (Phi) is 5.65. The van der Waals surface area contributed by atoms with E-state index in [1.165, 1.54) is 24.0 Å². The van der Waals surface area contributed by atoms with E-state index in [2.05, 4.69) is 17.4 Å². The van der Waals surface area contributed by atoms with Crippen LogP contribution in [-0.4, -0.2) is 18.5 Å². The second-order valence-electron chi connectivity index (χ2n) is 7.57. The zero-order chi connectivity index (χ0) is 21.1. The van der Waals surface area contributed by atoms with Gasteiger partial charge in [0.05, 0.1) is 11.4 Å². The maximum atomic E-state index is 12.2. The summed E-state index contributed by atoms with van der Waals surface area (Å²) in [5.41, 5.74) is 3.71. The van der Waals surface area contributed by atoms with Crippen LogP contribution in [0, 0.1) is 0 Å². The molecule has 1 aliphatic carbocycles. The van der Waals surface area contributed by atoms with Crippen molar-refractivity contribution < 1.29 is 18.7 Å². The van der Waals surface area contributed by atoms with Gasteiger partial charge in [-0.1, -0.05) is 30.3 Å². The fourth-order valence-corrected chi connectivity index (χ4v) is 3.80.